The minimum atomic E-state index is -0.485. The number of hydrogen-bond donors (Lipinski definition) is 4. The molecule has 18 heavy (non-hydrogen) atoms. The highest BCUT2D eigenvalue weighted by molar-refractivity contribution is 7.21. The number of benzene rings is 1. The summed E-state index contributed by atoms with van der Waals surface area (Å²) in [6.45, 7) is 0. The highest BCUT2D eigenvalue weighted by Crippen LogP contribution is 2.44. The molecule has 1 unspecified atom stereocenters. The monoisotopic (exact) mass is 261 g/mol. The molecule has 1 heterocycles. The average molecular weight is 261 g/mol. The molecule has 5 nitrogen and oxygen atoms in total. The van der Waals surface area contributed by atoms with E-state index < -0.39 is 11.9 Å². The number of rotatable bonds is 1. The predicted molar refractivity (Wildman–Crippen MR) is 75.0 cm³/mol. The Bertz CT molecular complexity index is 722. The summed E-state index contributed by atoms with van der Waals surface area (Å²) < 4.78 is 0.822. The Hall–Kier alpha value is -2.05. The van der Waals surface area contributed by atoms with Gasteiger partial charge in [0.2, 0.25) is 0 Å². The van der Waals surface area contributed by atoms with E-state index in [0.29, 0.717) is 16.3 Å². The smallest absolute Gasteiger partial charge is 0.398 e. The summed E-state index contributed by atoms with van der Waals surface area (Å²) in [6, 6.07) is 3.20. The number of primary amides is 1. The fourth-order valence-electron chi connectivity index (χ4n) is 2.35. The van der Waals surface area contributed by atoms with E-state index in [2.05, 4.69) is 0 Å². The quantitative estimate of drug-likeness (QED) is 0.572. The fraction of sp³-hybridized carbons (Fsp3) is 0.0833. The van der Waals surface area contributed by atoms with Crippen molar-refractivity contribution in [3.8, 4) is 0 Å². The number of anilines is 1. The SMILES string of the molecule is NC(=O)c1sc2c(N)ccc3c2c1C(N)C=C3N.[H+]. The zero-order valence-electron chi connectivity index (χ0n) is 10.4. The molecule has 1 aromatic carbocycles. The normalized spacial score (nSPS) is 17.8. The zero-order chi connectivity index (χ0) is 13.0. The summed E-state index contributed by atoms with van der Waals surface area (Å²) in [5.74, 6) is -0.485. The van der Waals surface area contributed by atoms with E-state index in [1.807, 2.05) is 6.07 Å². The van der Waals surface area contributed by atoms with Crippen LogP contribution in [-0.2, 0) is 0 Å². The molecule has 1 atom stereocenters. The van der Waals surface area contributed by atoms with Crippen LogP contribution in [0.2, 0.25) is 0 Å². The standard InChI is InChI=1S/C12H12N4OS/c13-5-2-1-4-6(14)3-7(15)9-8(4)10(5)18-11(9)12(16)17/h1-3,7H,13-15H2,(H2,16,17)/p+1. The third kappa shape index (κ3) is 1.27. The van der Waals surface area contributed by atoms with Crippen molar-refractivity contribution in [2.24, 2.45) is 17.2 Å². The van der Waals surface area contributed by atoms with Gasteiger partial charge in [-0.1, -0.05) is 6.07 Å². The van der Waals surface area contributed by atoms with Crippen molar-refractivity contribution in [2.45, 2.75) is 6.04 Å². The average Bonchev–Trinajstić information content (AvgIpc) is 2.69. The van der Waals surface area contributed by atoms with Crippen LogP contribution in [-0.4, -0.2) is 5.91 Å². The van der Waals surface area contributed by atoms with Gasteiger partial charge >= 0.3 is 1.43 Å². The number of hydrogen-bond acceptors (Lipinski definition) is 5. The van der Waals surface area contributed by atoms with E-state index in [1.54, 1.807) is 12.1 Å². The van der Waals surface area contributed by atoms with Crippen molar-refractivity contribution in [3.63, 3.8) is 0 Å². The minimum Gasteiger partial charge on any atom is -0.398 e. The molecule has 1 aromatic heterocycles. The fourth-order valence-corrected chi connectivity index (χ4v) is 3.52. The van der Waals surface area contributed by atoms with Crippen LogP contribution < -0.4 is 22.9 Å². The molecule has 0 spiro atoms. The third-order valence-electron chi connectivity index (χ3n) is 3.13. The van der Waals surface area contributed by atoms with Crippen LogP contribution in [0.15, 0.2) is 18.2 Å². The second-order valence-corrected chi connectivity index (χ2v) is 5.28. The molecular weight excluding hydrogens is 248 g/mol. The van der Waals surface area contributed by atoms with Gasteiger partial charge in [-0.25, -0.2) is 0 Å². The van der Waals surface area contributed by atoms with E-state index in [9.17, 15) is 4.79 Å². The van der Waals surface area contributed by atoms with Crippen LogP contribution in [0.1, 0.15) is 28.3 Å². The van der Waals surface area contributed by atoms with E-state index in [0.717, 1.165) is 21.2 Å². The summed E-state index contributed by atoms with van der Waals surface area (Å²) in [6.07, 6.45) is 1.73. The first-order chi connectivity index (χ1) is 8.50. The van der Waals surface area contributed by atoms with Crippen molar-refractivity contribution in [2.75, 3.05) is 5.73 Å². The van der Waals surface area contributed by atoms with Gasteiger partial charge in [0, 0.05) is 27.9 Å². The molecule has 1 amide bonds. The second-order valence-electron chi connectivity index (χ2n) is 4.26. The molecular formula is C12H13N4OS+. The zero-order valence-corrected chi connectivity index (χ0v) is 10.3. The lowest BCUT2D eigenvalue weighted by molar-refractivity contribution is 0.100. The number of thiophene rings is 1. The van der Waals surface area contributed by atoms with E-state index >= 15 is 0 Å². The van der Waals surface area contributed by atoms with Crippen LogP contribution in [0.3, 0.4) is 0 Å². The molecule has 3 rings (SSSR count). The number of nitrogens with two attached hydrogens (primary N) is 4. The van der Waals surface area contributed by atoms with Crippen molar-refractivity contribution in [3.05, 3.63) is 34.2 Å². The minimum absolute atomic E-state index is 0. The van der Waals surface area contributed by atoms with E-state index in [4.69, 9.17) is 22.9 Å². The molecule has 6 heteroatoms. The Morgan fingerprint density at radius 1 is 1.33 bits per heavy atom. The number of carbonyl (C=O) groups excluding carboxylic acids is 1. The second kappa shape index (κ2) is 3.47. The topological polar surface area (TPSA) is 121 Å². The maximum atomic E-state index is 11.5. The molecule has 1 aliphatic rings. The number of nitrogen functional groups attached to an aromatic ring is 1. The maximum Gasteiger partial charge on any atom is 1.00 e. The molecule has 0 aliphatic heterocycles. The molecule has 8 N–H and O–H groups in total. The van der Waals surface area contributed by atoms with Gasteiger partial charge in [-0.15, -0.1) is 11.3 Å². The molecule has 0 saturated carbocycles. The van der Waals surface area contributed by atoms with Gasteiger partial charge < -0.3 is 22.9 Å². The lowest BCUT2D eigenvalue weighted by Crippen LogP contribution is -2.19. The predicted octanol–water partition coefficient (Wildman–Crippen LogP) is 1.01. The Labute approximate surface area is 109 Å². The highest BCUT2D eigenvalue weighted by atomic mass is 32.1. The van der Waals surface area contributed by atoms with E-state index in [1.165, 1.54) is 11.3 Å². The van der Waals surface area contributed by atoms with Gasteiger partial charge in [0.05, 0.1) is 15.6 Å². The highest BCUT2D eigenvalue weighted by Gasteiger charge is 2.27. The van der Waals surface area contributed by atoms with Crippen LogP contribution >= 0.6 is 11.3 Å². The first-order valence-corrected chi connectivity index (χ1v) is 6.20. The summed E-state index contributed by atoms with van der Waals surface area (Å²) in [5.41, 5.74) is 26.1. The van der Waals surface area contributed by atoms with Gasteiger partial charge in [0.15, 0.2) is 0 Å². The summed E-state index contributed by atoms with van der Waals surface area (Å²) >= 11 is 1.27. The van der Waals surface area contributed by atoms with Crippen molar-refractivity contribution < 1.29 is 6.22 Å². The van der Waals surface area contributed by atoms with Gasteiger partial charge in [-0.05, 0) is 12.1 Å². The van der Waals surface area contributed by atoms with E-state index in [-0.39, 0.29) is 1.43 Å². The lowest BCUT2D eigenvalue weighted by Gasteiger charge is -2.18. The van der Waals surface area contributed by atoms with Crippen molar-refractivity contribution in [1.29, 1.82) is 0 Å². The Balaban J connectivity index is 0.00000133. The van der Waals surface area contributed by atoms with Gasteiger partial charge in [0.25, 0.3) is 5.91 Å². The summed E-state index contributed by atoms with van der Waals surface area (Å²) in [5, 5.41) is 0.862. The Morgan fingerprint density at radius 3 is 2.72 bits per heavy atom. The molecule has 1 aliphatic carbocycles. The van der Waals surface area contributed by atoms with Gasteiger partial charge in [-0.3, -0.25) is 4.79 Å². The Morgan fingerprint density at radius 2 is 2.06 bits per heavy atom. The first kappa shape index (κ1) is 11.1. The third-order valence-corrected chi connectivity index (χ3v) is 4.40. The molecule has 2 aromatic rings. The summed E-state index contributed by atoms with van der Waals surface area (Å²) in [4.78, 5) is 12.0. The van der Waals surface area contributed by atoms with Crippen LogP contribution in [0.5, 0.6) is 0 Å². The molecule has 0 fully saturated rings. The molecule has 0 saturated heterocycles. The van der Waals surface area contributed by atoms with Crippen LogP contribution in [0.4, 0.5) is 5.69 Å². The molecule has 0 bridgehead atoms. The summed E-state index contributed by atoms with van der Waals surface area (Å²) in [7, 11) is 0. The lowest BCUT2D eigenvalue weighted by atomic mass is 9.91. The largest absolute Gasteiger partial charge is 1.00 e. The number of amides is 1. The van der Waals surface area contributed by atoms with Crippen LogP contribution in [0.25, 0.3) is 15.8 Å². The number of carbonyl (C=O) groups is 1. The first-order valence-electron chi connectivity index (χ1n) is 5.38. The van der Waals surface area contributed by atoms with Crippen molar-refractivity contribution >= 4 is 38.7 Å². The van der Waals surface area contributed by atoms with Gasteiger partial charge in [-0.2, -0.15) is 0 Å². The van der Waals surface area contributed by atoms with Gasteiger partial charge in [0.1, 0.15) is 0 Å². The van der Waals surface area contributed by atoms with Crippen LogP contribution in [0, 0.1) is 0 Å². The van der Waals surface area contributed by atoms with Crippen molar-refractivity contribution in [1.82, 2.24) is 0 Å². The maximum absolute atomic E-state index is 11.5. The molecule has 92 valence electrons. The Kier molecular flexibility index (Phi) is 2.13. The molecule has 0 radical (unpaired) electrons.